The molecule has 0 saturated carbocycles. The van der Waals surface area contributed by atoms with E-state index in [2.05, 4.69) is 10.4 Å². The molecule has 31 heavy (non-hydrogen) atoms. The number of aromatic nitrogens is 2. The van der Waals surface area contributed by atoms with E-state index in [1.807, 2.05) is 19.9 Å². The van der Waals surface area contributed by atoms with Gasteiger partial charge in [0.15, 0.2) is 6.10 Å². The van der Waals surface area contributed by atoms with Crippen LogP contribution in [0, 0.1) is 13.8 Å². The second kappa shape index (κ2) is 8.63. The minimum Gasteiger partial charge on any atom is -0.463 e. The molecule has 1 N–H and O–H groups in total. The van der Waals surface area contributed by atoms with Gasteiger partial charge < -0.3 is 10.1 Å². The molecule has 1 amide bonds. The number of amides is 1. The largest absolute Gasteiger partial charge is 0.463 e. The first-order valence-corrected chi connectivity index (χ1v) is 9.37. The van der Waals surface area contributed by atoms with Crippen LogP contribution in [0.4, 0.5) is 18.9 Å². The van der Waals surface area contributed by atoms with Gasteiger partial charge in [0.05, 0.1) is 11.3 Å². The molecule has 0 aliphatic carbocycles. The quantitative estimate of drug-likeness (QED) is 0.655. The molecule has 9 heteroatoms. The highest BCUT2D eigenvalue weighted by molar-refractivity contribution is 5.94. The number of aryl methyl sites for hydroxylation is 2. The molecule has 0 saturated heterocycles. The van der Waals surface area contributed by atoms with Crippen molar-refractivity contribution >= 4 is 11.6 Å². The van der Waals surface area contributed by atoms with Crippen LogP contribution in [0.2, 0.25) is 0 Å². The first-order chi connectivity index (χ1) is 14.5. The lowest BCUT2D eigenvalue weighted by molar-refractivity contribution is -0.137. The number of halogens is 3. The van der Waals surface area contributed by atoms with Gasteiger partial charge in [0.1, 0.15) is 0 Å². The maximum absolute atomic E-state index is 12.8. The van der Waals surface area contributed by atoms with Crippen LogP contribution in [0.3, 0.4) is 0 Å². The molecule has 0 radical (unpaired) electrons. The van der Waals surface area contributed by atoms with Crippen LogP contribution >= 0.6 is 0 Å². The standard InChI is InChI=1S/C22H20F3N3O3/c1-13-7-8-18(11-14(13)2)28-20(29)10-9-19(27-28)31-15(3)21(30)26-17-6-4-5-16(12-17)22(23,24)25/h4-12,15H,1-3H3,(H,26,30). The molecule has 0 fully saturated rings. The van der Waals surface area contributed by atoms with Gasteiger partial charge >= 0.3 is 6.18 Å². The third-order valence-electron chi connectivity index (χ3n) is 4.64. The number of alkyl halides is 3. The Bertz CT molecular complexity index is 1170. The minimum atomic E-state index is -4.52. The summed E-state index contributed by atoms with van der Waals surface area (Å²) in [5, 5.41) is 6.53. The third kappa shape index (κ3) is 5.30. The number of hydrogen-bond acceptors (Lipinski definition) is 4. The second-order valence-electron chi connectivity index (χ2n) is 7.02. The van der Waals surface area contributed by atoms with Crippen LogP contribution in [0.1, 0.15) is 23.6 Å². The molecule has 3 aromatic rings. The van der Waals surface area contributed by atoms with Gasteiger partial charge in [0.2, 0.25) is 5.88 Å². The zero-order chi connectivity index (χ0) is 22.8. The Morgan fingerprint density at radius 1 is 1.06 bits per heavy atom. The topological polar surface area (TPSA) is 73.2 Å². The lowest BCUT2D eigenvalue weighted by Gasteiger charge is -2.16. The highest BCUT2D eigenvalue weighted by Crippen LogP contribution is 2.30. The number of ether oxygens (including phenoxy) is 1. The fraction of sp³-hybridized carbons (Fsp3) is 0.227. The number of carbonyl (C=O) groups is 1. The Morgan fingerprint density at radius 2 is 1.81 bits per heavy atom. The van der Waals surface area contributed by atoms with Crippen molar-refractivity contribution in [2.24, 2.45) is 0 Å². The summed E-state index contributed by atoms with van der Waals surface area (Å²) < 4.78 is 45.2. The van der Waals surface area contributed by atoms with Gasteiger partial charge in [-0.15, -0.1) is 5.10 Å². The molecule has 0 spiro atoms. The van der Waals surface area contributed by atoms with Gasteiger partial charge in [-0.1, -0.05) is 12.1 Å². The summed E-state index contributed by atoms with van der Waals surface area (Å²) >= 11 is 0. The summed E-state index contributed by atoms with van der Waals surface area (Å²) in [6.45, 7) is 5.28. The Kier molecular flexibility index (Phi) is 6.14. The first-order valence-electron chi connectivity index (χ1n) is 9.37. The molecule has 1 unspecified atom stereocenters. The number of nitrogens with one attached hydrogen (secondary N) is 1. The van der Waals surface area contributed by atoms with E-state index in [0.717, 1.165) is 27.9 Å². The molecule has 2 aromatic carbocycles. The number of nitrogens with zero attached hydrogens (tertiary/aromatic N) is 2. The molecule has 6 nitrogen and oxygen atoms in total. The lowest BCUT2D eigenvalue weighted by Crippen LogP contribution is -2.31. The highest BCUT2D eigenvalue weighted by Gasteiger charge is 2.30. The Morgan fingerprint density at radius 3 is 2.48 bits per heavy atom. The third-order valence-corrected chi connectivity index (χ3v) is 4.64. The monoisotopic (exact) mass is 431 g/mol. The van der Waals surface area contributed by atoms with Crippen LogP contribution in [0.5, 0.6) is 5.88 Å². The van der Waals surface area contributed by atoms with Crippen molar-refractivity contribution in [1.29, 1.82) is 0 Å². The van der Waals surface area contributed by atoms with E-state index in [1.54, 1.807) is 12.1 Å². The lowest BCUT2D eigenvalue weighted by atomic mass is 10.1. The van der Waals surface area contributed by atoms with Crippen LogP contribution in [0.15, 0.2) is 59.4 Å². The van der Waals surface area contributed by atoms with Crippen LogP contribution in [-0.4, -0.2) is 21.8 Å². The Hall–Kier alpha value is -3.62. The minimum absolute atomic E-state index is 0.0108. The van der Waals surface area contributed by atoms with Crippen molar-refractivity contribution in [3.63, 3.8) is 0 Å². The van der Waals surface area contributed by atoms with Crippen LogP contribution in [0.25, 0.3) is 5.69 Å². The van der Waals surface area contributed by atoms with Gasteiger partial charge in [0.25, 0.3) is 11.5 Å². The van der Waals surface area contributed by atoms with Gasteiger partial charge in [-0.05, 0) is 62.2 Å². The summed E-state index contributed by atoms with van der Waals surface area (Å²) in [5.74, 6) is -0.644. The van der Waals surface area contributed by atoms with Crippen LogP contribution in [-0.2, 0) is 11.0 Å². The van der Waals surface area contributed by atoms with E-state index in [-0.39, 0.29) is 17.1 Å². The van der Waals surface area contributed by atoms with Gasteiger partial charge in [0, 0.05) is 17.8 Å². The average Bonchev–Trinajstić information content (AvgIpc) is 2.71. The van der Waals surface area contributed by atoms with E-state index in [9.17, 15) is 22.8 Å². The predicted octanol–water partition coefficient (Wildman–Crippen LogP) is 4.27. The Labute approximate surface area is 176 Å². The van der Waals surface area contributed by atoms with Gasteiger partial charge in [-0.25, -0.2) is 0 Å². The number of carbonyl (C=O) groups excluding carboxylic acids is 1. The molecular formula is C22H20F3N3O3. The summed E-state index contributed by atoms with van der Waals surface area (Å²) in [6.07, 6.45) is -5.60. The zero-order valence-electron chi connectivity index (χ0n) is 17.0. The molecule has 1 aromatic heterocycles. The molecule has 0 aliphatic rings. The van der Waals surface area contributed by atoms with Crippen molar-refractivity contribution in [2.75, 3.05) is 5.32 Å². The van der Waals surface area contributed by atoms with E-state index in [1.165, 1.54) is 31.2 Å². The maximum Gasteiger partial charge on any atom is 0.416 e. The smallest absolute Gasteiger partial charge is 0.416 e. The van der Waals surface area contributed by atoms with Crippen molar-refractivity contribution in [3.05, 3.63) is 81.6 Å². The number of anilines is 1. The predicted molar refractivity (Wildman–Crippen MR) is 109 cm³/mol. The average molecular weight is 431 g/mol. The number of rotatable bonds is 5. The SMILES string of the molecule is Cc1ccc(-n2nc(OC(C)C(=O)Nc3cccc(C(F)(F)F)c3)ccc2=O)cc1C. The zero-order valence-corrected chi connectivity index (χ0v) is 17.0. The molecule has 162 valence electrons. The molecule has 3 rings (SSSR count). The summed E-state index contributed by atoms with van der Waals surface area (Å²) in [5.41, 5.74) is 1.32. The summed E-state index contributed by atoms with van der Waals surface area (Å²) in [6, 6.07) is 12.3. The number of hydrogen-bond donors (Lipinski definition) is 1. The van der Waals surface area contributed by atoms with Crippen molar-refractivity contribution in [2.45, 2.75) is 33.1 Å². The van der Waals surface area contributed by atoms with E-state index < -0.39 is 23.8 Å². The van der Waals surface area contributed by atoms with E-state index in [0.29, 0.717) is 5.69 Å². The summed E-state index contributed by atoms with van der Waals surface area (Å²) in [7, 11) is 0. The van der Waals surface area contributed by atoms with Crippen LogP contribution < -0.4 is 15.6 Å². The molecule has 1 heterocycles. The van der Waals surface area contributed by atoms with E-state index in [4.69, 9.17) is 4.74 Å². The fourth-order valence-corrected chi connectivity index (χ4v) is 2.75. The van der Waals surface area contributed by atoms with Crippen molar-refractivity contribution in [3.8, 4) is 11.6 Å². The molecule has 0 aliphatic heterocycles. The number of benzene rings is 2. The van der Waals surface area contributed by atoms with E-state index >= 15 is 0 Å². The Balaban J connectivity index is 1.76. The second-order valence-corrected chi connectivity index (χ2v) is 7.02. The normalized spacial score (nSPS) is 12.3. The van der Waals surface area contributed by atoms with Gasteiger partial charge in [-0.3, -0.25) is 9.59 Å². The molecular weight excluding hydrogens is 411 g/mol. The maximum atomic E-state index is 12.8. The van der Waals surface area contributed by atoms with Crippen molar-refractivity contribution in [1.82, 2.24) is 9.78 Å². The highest BCUT2D eigenvalue weighted by atomic mass is 19.4. The van der Waals surface area contributed by atoms with Gasteiger partial charge in [-0.2, -0.15) is 17.9 Å². The van der Waals surface area contributed by atoms with Crippen molar-refractivity contribution < 1.29 is 22.7 Å². The summed E-state index contributed by atoms with van der Waals surface area (Å²) in [4.78, 5) is 24.6. The molecule has 1 atom stereocenters. The first kappa shape index (κ1) is 22.1. The fourth-order valence-electron chi connectivity index (χ4n) is 2.75. The molecule has 0 bridgehead atoms.